The second-order valence-electron chi connectivity index (χ2n) is 19.7. The van der Waals surface area contributed by atoms with Crippen molar-refractivity contribution in [3.8, 4) is 0 Å². The van der Waals surface area contributed by atoms with Crippen LogP contribution in [0.4, 0.5) is 0 Å². The van der Waals surface area contributed by atoms with E-state index in [0.717, 1.165) is 63.7 Å². The SMILES string of the molecule is CCCCCCCCCCCCCCCCCCCCCC(=O)O[C@@H](COC(=O)CCCCCCCCCCCCCCCCCC)COC(=O)CCCCCCCCC(C)C. The Balaban J connectivity index is 4.22. The molecule has 0 aliphatic heterocycles. The zero-order valence-electron chi connectivity index (χ0n) is 42.3. The fourth-order valence-electron chi connectivity index (χ4n) is 8.57. The van der Waals surface area contributed by atoms with E-state index in [1.165, 1.54) is 212 Å². The number of carbonyl (C=O) groups excluding carboxylic acids is 3. The van der Waals surface area contributed by atoms with E-state index in [-0.39, 0.29) is 31.1 Å². The van der Waals surface area contributed by atoms with Crippen LogP contribution in [0.1, 0.15) is 317 Å². The van der Waals surface area contributed by atoms with Crippen LogP contribution < -0.4 is 0 Å². The van der Waals surface area contributed by atoms with Gasteiger partial charge in [-0.05, 0) is 25.2 Å². The van der Waals surface area contributed by atoms with E-state index in [9.17, 15) is 14.4 Å². The standard InChI is InChI=1S/C56H108O6/c1-5-7-9-11-13-15-17-19-21-23-24-25-27-29-31-33-35-41-45-49-56(59)62-53(51-61-55(58)48-44-40-37-36-38-42-46-52(3)4)50-60-54(57)47-43-39-34-32-30-28-26-22-20-18-16-14-12-10-8-6-2/h52-53H,5-51H2,1-4H3/t53-/m0/s1. The molecule has 62 heavy (non-hydrogen) atoms. The third kappa shape index (κ3) is 49.4. The number of hydrogen-bond donors (Lipinski definition) is 0. The largest absolute Gasteiger partial charge is 0.462 e. The highest BCUT2D eigenvalue weighted by molar-refractivity contribution is 5.71. The first kappa shape index (κ1) is 60.4. The van der Waals surface area contributed by atoms with Gasteiger partial charge in [-0.2, -0.15) is 0 Å². The first-order valence-corrected chi connectivity index (χ1v) is 27.9. The maximum atomic E-state index is 12.8. The molecule has 0 aromatic carbocycles. The van der Waals surface area contributed by atoms with Crippen molar-refractivity contribution in [2.75, 3.05) is 13.2 Å². The van der Waals surface area contributed by atoms with Gasteiger partial charge < -0.3 is 14.2 Å². The Kier molecular flexibility index (Phi) is 49.1. The van der Waals surface area contributed by atoms with Crippen molar-refractivity contribution in [2.45, 2.75) is 323 Å². The van der Waals surface area contributed by atoms with Gasteiger partial charge in [0.05, 0.1) is 0 Å². The summed E-state index contributed by atoms with van der Waals surface area (Å²) in [5, 5.41) is 0. The Labute approximate surface area is 387 Å². The van der Waals surface area contributed by atoms with Gasteiger partial charge in [-0.25, -0.2) is 0 Å². The topological polar surface area (TPSA) is 78.9 Å². The summed E-state index contributed by atoms with van der Waals surface area (Å²) in [5.74, 6) is -0.0816. The number of esters is 3. The van der Waals surface area contributed by atoms with Crippen LogP contribution in [0.15, 0.2) is 0 Å². The molecule has 0 bridgehead atoms. The molecule has 6 nitrogen and oxygen atoms in total. The van der Waals surface area contributed by atoms with Gasteiger partial charge >= 0.3 is 17.9 Å². The van der Waals surface area contributed by atoms with Crippen LogP contribution in [0.5, 0.6) is 0 Å². The summed E-state index contributed by atoms with van der Waals surface area (Å²) >= 11 is 0. The van der Waals surface area contributed by atoms with E-state index in [0.29, 0.717) is 19.3 Å². The molecule has 0 aliphatic carbocycles. The van der Waals surface area contributed by atoms with Crippen molar-refractivity contribution in [3.63, 3.8) is 0 Å². The maximum Gasteiger partial charge on any atom is 0.306 e. The van der Waals surface area contributed by atoms with Gasteiger partial charge in [-0.15, -0.1) is 0 Å². The first-order chi connectivity index (χ1) is 30.4. The van der Waals surface area contributed by atoms with Crippen LogP contribution in [0.25, 0.3) is 0 Å². The molecule has 0 spiro atoms. The fourth-order valence-corrected chi connectivity index (χ4v) is 8.57. The Morgan fingerprint density at radius 3 is 0.790 bits per heavy atom. The van der Waals surface area contributed by atoms with Crippen molar-refractivity contribution in [2.24, 2.45) is 5.92 Å². The van der Waals surface area contributed by atoms with Gasteiger partial charge in [-0.1, -0.05) is 278 Å². The Morgan fingerprint density at radius 2 is 0.532 bits per heavy atom. The third-order valence-corrected chi connectivity index (χ3v) is 12.8. The molecule has 0 unspecified atom stereocenters. The zero-order chi connectivity index (χ0) is 45.2. The smallest absolute Gasteiger partial charge is 0.306 e. The normalized spacial score (nSPS) is 12.0. The molecule has 0 rings (SSSR count). The zero-order valence-corrected chi connectivity index (χ0v) is 42.3. The van der Waals surface area contributed by atoms with Crippen LogP contribution in [-0.2, 0) is 28.6 Å². The lowest BCUT2D eigenvalue weighted by Crippen LogP contribution is -2.30. The summed E-state index contributed by atoms with van der Waals surface area (Å²) < 4.78 is 16.8. The first-order valence-electron chi connectivity index (χ1n) is 27.9. The van der Waals surface area contributed by atoms with E-state index < -0.39 is 6.10 Å². The molecule has 0 aliphatic rings. The number of unbranched alkanes of at least 4 members (excludes halogenated alkanes) is 38. The molecule has 0 fully saturated rings. The molecule has 0 N–H and O–H groups in total. The average Bonchev–Trinajstić information content (AvgIpc) is 3.26. The van der Waals surface area contributed by atoms with Crippen LogP contribution in [0, 0.1) is 5.92 Å². The Morgan fingerprint density at radius 1 is 0.306 bits per heavy atom. The van der Waals surface area contributed by atoms with Gasteiger partial charge in [0.15, 0.2) is 6.10 Å². The van der Waals surface area contributed by atoms with Crippen molar-refractivity contribution >= 4 is 17.9 Å². The van der Waals surface area contributed by atoms with Crippen molar-refractivity contribution in [3.05, 3.63) is 0 Å². The van der Waals surface area contributed by atoms with E-state index >= 15 is 0 Å². The number of carbonyl (C=O) groups is 3. The molecule has 6 heteroatoms. The molecule has 368 valence electrons. The average molecular weight is 877 g/mol. The van der Waals surface area contributed by atoms with E-state index in [1.807, 2.05) is 0 Å². The quantitative estimate of drug-likeness (QED) is 0.0344. The van der Waals surface area contributed by atoms with Crippen LogP contribution >= 0.6 is 0 Å². The summed E-state index contributed by atoms with van der Waals surface area (Å²) in [4.78, 5) is 38.0. The van der Waals surface area contributed by atoms with Gasteiger partial charge in [0, 0.05) is 19.3 Å². The molecule has 1 atom stereocenters. The van der Waals surface area contributed by atoms with Crippen molar-refractivity contribution < 1.29 is 28.6 Å². The summed E-state index contributed by atoms with van der Waals surface area (Å²) in [6.07, 6.45) is 54.0. The summed E-state index contributed by atoms with van der Waals surface area (Å²) in [7, 11) is 0. The summed E-state index contributed by atoms with van der Waals surface area (Å²) in [6, 6.07) is 0. The molecule has 0 aromatic heterocycles. The van der Waals surface area contributed by atoms with E-state index in [4.69, 9.17) is 14.2 Å². The van der Waals surface area contributed by atoms with Crippen LogP contribution in [0.2, 0.25) is 0 Å². The lowest BCUT2D eigenvalue weighted by atomic mass is 10.0. The fraction of sp³-hybridized carbons (Fsp3) is 0.946. The second kappa shape index (κ2) is 50.4. The van der Waals surface area contributed by atoms with Crippen LogP contribution in [0.3, 0.4) is 0 Å². The Bertz CT molecular complexity index is 933. The lowest BCUT2D eigenvalue weighted by molar-refractivity contribution is -0.167. The molecule has 0 aromatic rings. The number of ether oxygens (including phenoxy) is 3. The predicted molar refractivity (Wildman–Crippen MR) is 266 cm³/mol. The van der Waals surface area contributed by atoms with Gasteiger partial charge in [0.25, 0.3) is 0 Å². The van der Waals surface area contributed by atoms with Gasteiger partial charge in [0.2, 0.25) is 0 Å². The number of rotatable bonds is 51. The van der Waals surface area contributed by atoms with E-state index in [2.05, 4.69) is 27.7 Å². The Hall–Kier alpha value is -1.59. The molecule has 0 saturated carbocycles. The maximum absolute atomic E-state index is 12.8. The van der Waals surface area contributed by atoms with E-state index in [1.54, 1.807) is 0 Å². The molecule has 0 saturated heterocycles. The lowest BCUT2D eigenvalue weighted by Gasteiger charge is -2.18. The van der Waals surface area contributed by atoms with Gasteiger partial charge in [0.1, 0.15) is 13.2 Å². The van der Waals surface area contributed by atoms with Gasteiger partial charge in [-0.3, -0.25) is 14.4 Å². The minimum Gasteiger partial charge on any atom is -0.462 e. The second-order valence-corrected chi connectivity index (χ2v) is 19.7. The minimum absolute atomic E-state index is 0.0632. The molecule has 0 radical (unpaired) electrons. The monoisotopic (exact) mass is 877 g/mol. The van der Waals surface area contributed by atoms with Crippen LogP contribution in [-0.4, -0.2) is 37.2 Å². The predicted octanol–water partition coefficient (Wildman–Crippen LogP) is 18.2. The number of hydrogen-bond acceptors (Lipinski definition) is 6. The highest BCUT2D eigenvalue weighted by atomic mass is 16.6. The molecular formula is C56H108O6. The highest BCUT2D eigenvalue weighted by Crippen LogP contribution is 2.18. The minimum atomic E-state index is -0.762. The highest BCUT2D eigenvalue weighted by Gasteiger charge is 2.19. The molecule has 0 heterocycles. The van der Waals surface area contributed by atoms with Crippen molar-refractivity contribution in [1.29, 1.82) is 0 Å². The summed E-state index contributed by atoms with van der Waals surface area (Å²) in [5.41, 5.74) is 0. The summed E-state index contributed by atoms with van der Waals surface area (Å²) in [6.45, 7) is 8.98. The third-order valence-electron chi connectivity index (χ3n) is 12.8. The molecule has 0 amide bonds. The molecular weight excluding hydrogens is 769 g/mol. The van der Waals surface area contributed by atoms with Crippen molar-refractivity contribution in [1.82, 2.24) is 0 Å².